The summed E-state index contributed by atoms with van der Waals surface area (Å²) in [5, 5.41) is 2.97. The number of hydrogen-bond acceptors (Lipinski definition) is 4. The summed E-state index contributed by atoms with van der Waals surface area (Å²) >= 11 is 3.45. The molecule has 3 aromatic carbocycles. The van der Waals surface area contributed by atoms with E-state index in [0.29, 0.717) is 24.5 Å². The summed E-state index contributed by atoms with van der Waals surface area (Å²) in [5.74, 6) is 0.816. The third kappa shape index (κ3) is 8.14. The van der Waals surface area contributed by atoms with Gasteiger partial charge in [0.2, 0.25) is 5.91 Å². The van der Waals surface area contributed by atoms with Crippen LogP contribution in [-0.2, 0) is 22.6 Å². The highest BCUT2D eigenvalue weighted by Crippen LogP contribution is 2.19. The van der Waals surface area contributed by atoms with E-state index in [9.17, 15) is 9.59 Å². The molecule has 0 spiro atoms. The Labute approximate surface area is 215 Å². The van der Waals surface area contributed by atoms with Crippen molar-refractivity contribution in [2.45, 2.75) is 32.4 Å². The van der Waals surface area contributed by atoms with Crippen LogP contribution in [0.1, 0.15) is 24.5 Å². The van der Waals surface area contributed by atoms with Gasteiger partial charge < -0.3 is 19.7 Å². The molecule has 0 unspecified atom stereocenters. The Hall–Kier alpha value is -3.32. The summed E-state index contributed by atoms with van der Waals surface area (Å²) in [5.41, 5.74) is 1.90. The number of benzene rings is 3. The van der Waals surface area contributed by atoms with Gasteiger partial charge in [0.25, 0.3) is 5.91 Å². The van der Waals surface area contributed by atoms with Gasteiger partial charge in [-0.3, -0.25) is 9.59 Å². The predicted molar refractivity (Wildman–Crippen MR) is 140 cm³/mol. The molecule has 35 heavy (non-hydrogen) atoms. The van der Waals surface area contributed by atoms with E-state index in [1.807, 2.05) is 61.5 Å². The van der Waals surface area contributed by atoms with Gasteiger partial charge in [-0.15, -0.1) is 0 Å². The van der Waals surface area contributed by atoms with Crippen LogP contribution in [0.25, 0.3) is 0 Å². The van der Waals surface area contributed by atoms with Crippen LogP contribution in [0, 0.1) is 0 Å². The maximum absolute atomic E-state index is 13.5. The van der Waals surface area contributed by atoms with E-state index in [2.05, 4.69) is 21.2 Å². The van der Waals surface area contributed by atoms with E-state index >= 15 is 0 Å². The van der Waals surface area contributed by atoms with Crippen molar-refractivity contribution in [1.29, 1.82) is 0 Å². The molecule has 184 valence electrons. The van der Waals surface area contributed by atoms with Gasteiger partial charge in [0.05, 0.1) is 7.11 Å². The summed E-state index contributed by atoms with van der Waals surface area (Å²) in [4.78, 5) is 28.4. The largest absolute Gasteiger partial charge is 0.497 e. The van der Waals surface area contributed by atoms with Crippen LogP contribution in [0.4, 0.5) is 0 Å². The molecule has 0 fully saturated rings. The lowest BCUT2D eigenvalue weighted by Gasteiger charge is -2.31. The van der Waals surface area contributed by atoms with Crippen LogP contribution < -0.4 is 14.8 Å². The topological polar surface area (TPSA) is 67.9 Å². The summed E-state index contributed by atoms with van der Waals surface area (Å²) in [6.45, 7) is 2.65. The Morgan fingerprint density at radius 2 is 1.57 bits per heavy atom. The second-order valence-electron chi connectivity index (χ2n) is 8.11. The van der Waals surface area contributed by atoms with Gasteiger partial charge in [0.1, 0.15) is 17.5 Å². The van der Waals surface area contributed by atoms with Crippen molar-refractivity contribution >= 4 is 27.7 Å². The van der Waals surface area contributed by atoms with Crippen molar-refractivity contribution in [2.24, 2.45) is 0 Å². The first-order chi connectivity index (χ1) is 17.0. The van der Waals surface area contributed by atoms with Gasteiger partial charge >= 0.3 is 0 Å². The Morgan fingerprint density at radius 3 is 2.20 bits per heavy atom. The zero-order valence-electron chi connectivity index (χ0n) is 20.1. The lowest BCUT2D eigenvalue weighted by Crippen LogP contribution is -2.51. The van der Waals surface area contributed by atoms with Gasteiger partial charge in [0.15, 0.2) is 6.61 Å². The average Bonchev–Trinajstić information content (AvgIpc) is 2.89. The molecule has 6 nitrogen and oxygen atoms in total. The van der Waals surface area contributed by atoms with Crippen LogP contribution in [-0.4, -0.2) is 43.0 Å². The summed E-state index contributed by atoms with van der Waals surface area (Å²) < 4.78 is 11.9. The molecule has 0 heterocycles. The number of hydrogen-bond donors (Lipinski definition) is 1. The highest BCUT2D eigenvalue weighted by molar-refractivity contribution is 9.10. The van der Waals surface area contributed by atoms with E-state index in [0.717, 1.165) is 22.0 Å². The second kappa shape index (κ2) is 13.5. The Balaban J connectivity index is 1.86. The molecule has 0 radical (unpaired) electrons. The van der Waals surface area contributed by atoms with Crippen molar-refractivity contribution < 1.29 is 19.1 Å². The molecule has 0 saturated carbocycles. The molecular weight excluding hydrogens is 508 g/mol. The molecular formula is C28H31BrN2O4. The minimum absolute atomic E-state index is 0.175. The summed E-state index contributed by atoms with van der Waals surface area (Å²) in [6.07, 6.45) is 1.21. The Morgan fingerprint density at radius 1 is 0.914 bits per heavy atom. The van der Waals surface area contributed by atoms with E-state index in [1.165, 1.54) is 0 Å². The molecule has 0 aliphatic rings. The van der Waals surface area contributed by atoms with Crippen LogP contribution in [0.3, 0.4) is 0 Å². The monoisotopic (exact) mass is 538 g/mol. The molecule has 0 aliphatic carbocycles. The van der Waals surface area contributed by atoms with Crippen molar-refractivity contribution in [3.63, 3.8) is 0 Å². The normalized spacial score (nSPS) is 11.4. The smallest absolute Gasteiger partial charge is 0.261 e. The van der Waals surface area contributed by atoms with E-state index in [-0.39, 0.29) is 25.0 Å². The van der Waals surface area contributed by atoms with Crippen LogP contribution in [0.5, 0.6) is 11.5 Å². The number of nitrogens with one attached hydrogen (secondary N) is 1. The minimum Gasteiger partial charge on any atom is -0.497 e. The van der Waals surface area contributed by atoms with E-state index in [4.69, 9.17) is 9.47 Å². The van der Waals surface area contributed by atoms with Gasteiger partial charge in [0, 0.05) is 24.0 Å². The maximum Gasteiger partial charge on any atom is 0.261 e. The van der Waals surface area contributed by atoms with Gasteiger partial charge in [-0.05, 0) is 53.9 Å². The molecule has 0 bridgehead atoms. The van der Waals surface area contributed by atoms with E-state index in [1.54, 1.807) is 36.3 Å². The molecule has 1 atom stereocenters. The quantitative estimate of drug-likeness (QED) is 0.352. The van der Waals surface area contributed by atoms with Crippen LogP contribution in [0.15, 0.2) is 83.3 Å². The SMILES string of the molecule is CCCNC(=O)[C@H](Cc1ccccc1)N(Cc1ccc(Br)cc1)C(=O)COc1ccc(OC)cc1. The maximum atomic E-state index is 13.5. The zero-order chi connectivity index (χ0) is 25.0. The Kier molecular flexibility index (Phi) is 10.2. The predicted octanol–water partition coefficient (Wildman–Crippen LogP) is 5.00. The molecule has 3 rings (SSSR count). The highest BCUT2D eigenvalue weighted by atomic mass is 79.9. The average molecular weight is 539 g/mol. The standard InChI is InChI=1S/C28H31BrN2O4/c1-3-17-30-28(33)26(18-21-7-5-4-6-8-21)31(19-22-9-11-23(29)12-10-22)27(32)20-35-25-15-13-24(34-2)14-16-25/h4-16,26H,3,17-20H2,1-2H3,(H,30,33)/t26-/m0/s1. The fourth-order valence-corrected chi connectivity index (χ4v) is 3.87. The van der Waals surface area contributed by atoms with E-state index < -0.39 is 6.04 Å². The third-order valence-electron chi connectivity index (χ3n) is 5.51. The van der Waals surface area contributed by atoms with Crippen molar-refractivity contribution in [3.8, 4) is 11.5 Å². The summed E-state index contributed by atoms with van der Waals surface area (Å²) in [6, 6.07) is 23.8. The first-order valence-electron chi connectivity index (χ1n) is 11.6. The number of rotatable bonds is 12. The molecule has 0 aliphatic heterocycles. The van der Waals surface area contributed by atoms with Gasteiger partial charge in [-0.1, -0.05) is 65.3 Å². The fourth-order valence-electron chi connectivity index (χ4n) is 3.61. The molecule has 1 N–H and O–H groups in total. The van der Waals surface area contributed by atoms with Crippen LogP contribution >= 0.6 is 15.9 Å². The Bertz CT molecular complexity index is 1070. The molecule has 0 saturated heterocycles. The molecule has 3 aromatic rings. The zero-order valence-corrected chi connectivity index (χ0v) is 21.7. The molecule has 0 aromatic heterocycles. The second-order valence-corrected chi connectivity index (χ2v) is 9.02. The number of carbonyl (C=O) groups is 2. The summed E-state index contributed by atoms with van der Waals surface area (Å²) in [7, 11) is 1.59. The number of amides is 2. The number of nitrogens with zero attached hydrogens (tertiary/aromatic N) is 1. The molecule has 2 amide bonds. The van der Waals surface area contributed by atoms with Gasteiger partial charge in [-0.25, -0.2) is 0 Å². The number of ether oxygens (including phenoxy) is 2. The van der Waals surface area contributed by atoms with Crippen LogP contribution in [0.2, 0.25) is 0 Å². The fraction of sp³-hybridized carbons (Fsp3) is 0.286. The number of methoxy groups -OCH3 is 1. The first-order valence-corrected chi connectivity index (χ1v) is 12.4. The minimum atomic E-state index is -0.681. The lowest BCUT2D eigenvalue weighted by atomic mass is 10.0. The van der Waals surface area contributed by atoms with Crippen molar-refractivity contribution in [2.75, 3.05) is 20.3 Å². The first kappa shape index (κ1) is 26.3. The number of halogens is 1. The lowest BCUT2D eigenvalue weighted by molar-refractivity contribution is -0.142. The highest BCUT2D eigenvalue weighted by Gasteiger charge is 2.30. The number of carbonyl (C=O) groups excluding carboxylic acids is 2. The van der Waals surface area contributed by atoms with Crippen molar-refractivity contribution in [1.82, 2.24) is 10.2 Å². The van der Waals surface area contributed by atoms with Gasteiger partial charge in [-0.2, -0.15) is 0 Å². The third-order valence-corrected chi connectivity index (χ3v) is 6.04. The van der Waals surface area contributed by atoms with Crippen molar-refractivity contribution in [3.05, 3.63) is 94.5 Å². The molecule has 7 heteroatoms.